The van der Waals surface area contributed by atoms with Crippen LogP contribution in [0.5, 0.6) is 5.88 Å². The number of amides is 1. The van der Waals surface area contributed by atoms with Crippen LogP contribution >= 0.6 is 11.3 Å². The van der Waals surface area contributed by atoms with Gasteiger partial charge in [-0.3, -0.25) is 9.69 Å². The summed E-state index contributed by atoms with van der Waals surface area (Å²) in [6, 6.07) is 7.13. The van der Waals surface area contributed by atoms with Gasteiger partial charge in [0.15, 0.2) is 0 Å². The molecule has 3 heterocycles. The summed E-state index contributed by atoms with van der Waals surface area (Å²) < 4.78 is 33.5. The maximum absolute atomic E-state index is 14.1. The van der Waals surface area contributed by atoms with Gasteiger partial charge in [0.05, 0.1) is 17.9 Å². The summed E-state index contributed by atoms with van der Waals surface area (Å²) in [6.45, 7) is 4.87. The van der Waals surface area contributed by atoms with E-state index >= 15 is 0 Å². The highest BCUT2D eigenvalue weighted by Crippen LogP contribution is 2.31. The molecule has 188 valence electrons. The first-order valence-electron chi connectivity index (χ1n) is 11.6. The molecule has 1 aliphatic rings. The van der Waals surface area contributed by atoms with E-state index in [0.717, 1.165) is 30.8 Å². The van der Waals surface area contributed by atoms with Gasteiger partial charge in [-0.2, -0.15) is 5.26 Å². The molecule has 0 aliphatic carbocycles. The second-order valence-electron chi connectivity index (χ2n) is 8.48. The van der Waals surface area contributed by atoms with Crippen LogP contribution in [0.15, 0.2) is 30.5 Å². The van der Waals surface area contributed by atoms with Gasteiger partial charge in [-0.1, -0.05) is 6.07 Å². The van der Waals surface area contributed by atoms with Crippen molar-refractivity contribution in [3.63, 3.8) is 0 Å². The first-order chi connectivity index (χ1) is 17.4. The van der Waals surface area contributed by atoms with Crippen molar-refractivity contribution in [1.29, 1.82) is 5.26 Å². The molecule has 11 heteroatoms. The zero-order chi connectivity index (χ0) is 25.7. The second kappa shape index (κ2) is 11.4. The van der Waals surface area contributed by atoms with Crippen LogP contribution in [0.4, 0.5) is 14.5 Å². The number of piperidine rings is 1. The summed E-state index contributed by atoms with van der Waals surface area (Å²) in [5.41, 5.74) is 6.19. The van der Waals surface area contributed by atoms with Crippen LogP contribution in [0.3, 0.4) is 0 Å². The van der Waals surface area contributed by atoms with E-state index in [-0.39, 0.29) is 34.3 Å². The van der Waals surface area contributed by atoms with E-state index in [9.17, 15) is 18.8 Å². The van der Waals surface area contributed by atoms with Gasteiger partial charge in [0.1, 0.15) is 34.0 Å². The second-order valence-corrected chi connectivity index (χ2v) is 9.59. The molecule has 8 nitrogen and oxygen atoms in total. The fourth-order valence-corrected chi connectivity index (χ4v) is 5.11. The Morgan fingerprint density at radius 1 is 1.33 bits per heavy atom. The van der Waals surface area contributed by atoms with E-state index < -0.39 is 11.6 Å². The lowest BCUT2D eigenvalue weighted by Crippen LogP contribution is -2.38. The topological polar surface area (TPSA) is 117 Å². The van der Waals surface area contributed by atoms with Gasteiger partial charge in [0.25, 0.3) is 5.91 Å². The van der Waals surface area contributed by atoms with Gasteiger partial charge in [0.2, 0.25) is 5.88 Å². The number of nitrogens with zero attached hydrogens (tertiary/aromatic N) is 4. The lowest BCUT2D eigenvalue weighted by Gasteiger charge is -2.31. The monoisotopic (exact) mass is 512 g/mol. The number of benzene rings is 1. The minimum atomic E-state index is -0.619. The van der Waals surface area contributed by atoms with Crippen LogP contribution in [0.2, 0.25) is 0 Å². The van der Waals surface area contributed by atoms with Gasteiger partial charge in [-0.25, -0.2) is 18.7 Å². The molecular formula is C25H26F2N6O2S. The van der Waals surface area contributed by atoms with E-state index in [1.807, 2.05) is 6.07 Å². The third-order valence-electron chi connectivity index (χ3n) is 6.01. The zero-order valence-electron chi connectivity index (χ0n) is 19.8. The normalized spacial score (nSPS) is 14.4. The molecule has 2 aromatic heterocycles. The highest BCUT2D eigenvalue weighted by Gasteiger charge is 2.23. The van der Waals surface area contributed by atoms with Crippen molar-refractivity contribution in [2.75, 3.05) is 32.0 Å². The average molecular weight is 513 g/mol. The van der Waals surface area contributed by atoms with E-state index in [2.05, 4.69) is 20.2 Å². The van der Waals surface area contributed by atoms with E-state index in [1.54, 1.807) is 13.1 Å². The summed E-state index contributed by atoms with van der Waals surface area (Å²) in [5, 5.41) is 12.5. The van der Waals surface area contributed by atoms with Crippen LogP contribution in [0.1, 0.15) is 40.7 Å². The predicted molar refractivity (Wildman–Crippen MR) is 132 cm³/mol. The van der Waals surface area contributed by atoms with Crippen molar-refractivity contribution in [2.45, 2.75) is 26.3 Å². The third-order valence-corrected chi connectivity index (χ3v) is 7.01. The van der Waals surface area contributed by atoms with Crippen molar-refractivity contribution in [1.82, 2.24) is 20.2 Å². The van der Waals surface area contributed by atoms with Crippen LogP contribution in [-0.2, 0) is 6.54 Å². The van der Waals surface area contributed by atoms with Crippen molar-refractivity contribution in [2.24, 2.45) is 5.92 Å². The molecule has 1 aliphatic heterocycles. The largest absolute Gasteiger partial charge is 0.477 e. The Labute approximate surface area is 211 Å². The van der Waals surface area contributed by atoms with Crippen molar-refractivity contribution >= 4 is 22.9 Å². The van der Waals surface area contributed by atoms with E-state index in [1.165, 1.54) is 35.6 Å². The molecule has 3 N–H and O–H groups in total. The number of hydrogen-bond acceptors (Lipinski definition) is 8. The van der Waals surface area contributed by atoms with Gasteiger partial charge >= 0.3 is 0 Å². The van der Waals surface area contributed by atoms with Gasteiger partial charge < -0.3 is 15.8 Å². The molecule has 1 amide bonds. The number of carbonyl (C=O) groups is 1. The number of nitrogen functional groups attached to an aromatic ring is 1. The Balaban J connectivity index is 1.28. The number of ether oxygens (including phenoxy) is 1. The number of nitrogens with one attached hydrogen (secondary N) is 1. The van der Waals surface area contributed by atoms with Crippen LogP contribution in [-0.4, -0.2) is 47.0 Å². The summed E-state index contributed by atoms with van der Waals surface area (Å²) in [5.74, 6) is -1.25. The zero-order valence-corrected chi connectivity index (χ0v) is 20.6. The Hall–Kier alpha value is -3.62. The number of thiazole rings is 1. The number of pyridine rings is 1. The number of rotatable bonds is 8. The molecule has 0 saturated carbocycles. The molecule has 0 bridgehead atoms. The number of halogens is 2. The summed E-state index contributed by atoms with van der Waals surface area (Å²) in [6.07, 6.45) is 3.45. The number of carbonyl (C=O) groups excluding carboxylic acids is 1. The Kier molecular flexibility index (Phi) is 8.07. The first-order valence-corrected chi connectivity index (χ1v) is 12.4. The number of aromatic nitrogens is 2. The SMILES string of the molecule is CCOc1nc(C(=O)NCC2CCN(Cc3cnc(-c4c(F)cccc4F)s3)CC2)cc(N)c1C#N. The molecule has 3 aromatic rings. The molecular weight excluding hydrogens is 486 g/mol. The molecule has 0 spiro atoms. The van der Waals surface area contributed by atoms with Gasteiger partial charge in [-0.05, 0) is 57.0 Å². The quantitative estimate of drug-likeness (QED) is 0.469. The molecule has 1 saturated heterocycles. The number of anilines is 1. The molecule has 0 atom stereocenters. The lowest BCUT2D eigenvalue weighted by molar-refractivity contribution is 0.0929. The molecule has 1 fully saturated rings. The maximum atomic E-state index is 14.1. The minimum absolute atomic E-state index is 0.0578. The number of nitrogens with two attached hydrogens (primary N) is 1. The highest BCUT2D eigenvalue weighted by molar-refractivity contribution is 7.15. The Bertz CT molecular complexity index is 1260. The lowest BCUT2D eigenvalue weighted by atomic mass is 9.96. The van der Waals surface area contributed by atoms with Crippen molar-refractivity contribution in [3.05, 3.63) is 58.2 Å². The molecule has 1 aromatic carbocycles. The van der Waals surface area contributed by atoms with Crippen LogP contribution in [0, 0.1) is 28.9 Å². The smallest absolute Gasteiger partial charge is 0.270 e. The Morgan fingerprint density at radius 2 is 2.06 bits per heavy atom. The maximum Gasteiger partial charge on any atom is 0.270 e. The summed E-state index contributed by atoms with van der Waals surface area (Å²) in [7, 11) is 0. The number of likely N-dealkylation sites (tertiary alicyclic amines) is 1. The average Bonchev–Trinajstić information content (AvgIpc) is 3.31. The van der Waals surface area contributed by atoms with Gasteiger partial charge in [-0.15, -0.1) is 11.3 Å². The molecule has 36 heavy (non-hydrogen) atoms. The Morgan fingerprint density at radius 3 is 2.72 bits per heavy atom. The fourth-order valence-electron chi connectivity index (χ4n) is 4.11. The molecule has 4 rings (SSSR count). The van der Waals surface area contributed by atoms with Crippen LogP contribution < -0.4 is 15.8 Å². The number of nitriles is 1. The highest BCUT2D eigenvalue weighted by atomic mass is 32.1. The minimum Gasteiger partial charge on any atom is -0.477 e. The molecule has 0 radical (unpaired) electrons. The summed E-state index contributed by atoms with van der Waals surface area (Å²) in [4.78, 5) is 24.2. The standard InChI is InChI=1S/C25H26F2N6O2S/c1-2-35-24-17(11-28)20(29)10-21(32-24)23(34)30-12-15-6-8-33(9-7-15)14-16-13-31-25(36-16)22-18(26)4-3-5-19(22)27/h3-5,10,13,15H,2,6-9,12,14H2,1H3,(H2,29,32)(H,30,34). The van der Waals surface area contributed by atoms with Gasteiger partial charge in [0, 0.05) is 24.2 Å². The third kappa shape index (κ3) is 5.78. The van der Waals surface area contributed by atoms with Crippen molar-refractivity contribution in [3.8, 4) is 22.5 Å². The van der Waals surface area contributed by atoms with Crippen molar-refractivity contribution < 1.29 is 18.3 Å². The van der Waals surface area contributed by atoms with E-state index in [4.69, 9.17) is 10.5 Å². The predicted octanol–water partition coefficient (Wildman–Crippen LogP) is 3.98. The molecule has 0 unspecified atom stereocenters. The first kappa shape index (κ1) is 25.5. The van der Waals surface area contributed by atoms with E-state index in [0.29, 0.717) is 30.6 Å². The van der Waals surface area contributed by atoms with Crippen LogP contribution in [0.25, 0.3) is 10.6 Å². The number of hydrogen-bond donors (Lipinski definition) is 2. The summed E-state index contributed by atoms with van der Waals surface area (Å²) >= 11 is 1.29. The fraction of sp³-hybridized carbons (Fsp3) is 0.360.